The lowest BCUT2D eigenvalue weighted by Crippen LogP contribution is -2.30. The molecule has 2 aromatic carbocycles. The first kappa shape index (κ1) is 20.9. The van der Waals surface area contributed by atoms with Gasteiger partial charge >= 0.3 is 0 Å². The van der Waals surface area contributed by atoms with E-state index < -0.39 is 0 Å². The zero-order valence-corrected chi connectivity index (χ0v) is 18.7. The number of carbonyl (C=O) groups excluding carboxylic acids is 1. The van der Waals surface area contributed by atoms with Crippen molar-refractivity contribution in [2.24, 2.45) is 0 Å². The average molecular weight is 446 g/mol. The maximum absolute atomic E-state index is 13.8. The van der Waals surface area contributed by atoms with Gasteiger partial charge in [0.25, 0.3) is 0 Å². The fraction of sp³-hybridized carbons (Fsp3) is 0.269. The second kappa shape index (κ2) is 8.87. The van der Waals surface area contributed by atoms with E-state index in [4.69, 9.17) is 9.97 Å². The summed E-state index contributed by atoms with van der Waals surface area (Å²) in [5.41, 5.74) is 5.58. The number of anilines is 1. The standard InChI is InChI=1S/C26H24FN3OS/c1-30(23(31)14-9-17-6-3-2-4-7-17)26-25(22-8-5-15-32-22)29-24-20-12-11-19(27)16-18(20)10-13-21(24)28-26/h2-7,11-12,15-16,22H,8-10,13-14H2,1H3. The zero-order valence-electron chi connectivity index (χ0n) is 17.9. The highest BCUT2D eigenvalue weighted by Crippen LogP contribution is 2.43. The van der Waals surface area contributed by atoms with Gasteiger partial charge in [0.1, 0.15) is 5.82 Å². The van der Waals surface area contributed by atoms with Crippen LogP contribution in [0.3, 0.4) is 0 Å². The third-order valence-corrected chi connectivity index (χ3v) is 7.18. The molecule has 2 aliphatic rings. The summed E-state index contributed by atoms with van der Waals surface area (Å²) in [4.78, 5) is 24.8. The van der Waals surface area contributed by atoms with Crippen molar-refractivity contribution in [3.05, 3.63) is 88.3 Å². The third kappa shape index (κ3) is 4.07. The minimum atomic E-state index is -0.226. The lowest BCUT2D eigenvalue weighted by atomic mass is 9.91. The minimum absolute atomic E-state index is 0.0265. The largest absolute Gasteiger partial charge is 0.298 e. The van der Waals surface area contributed by atoms with E-state index in [9.17, 15) is 9.18 Å². The van der Waals surface area contributed by atoms with Gasteiger partial charge in [0, 0.05) is 19.0 Å². The molecule has 1 aromatic heterocycles. The van der Waals surface area contributed by atoms with Crippen LogP contribution in [0, 0.1) is 5.82 Å². The fourth-order valence-corrected chi connectivity index (χ4v) is 5.24. The van der Waals surface area contributed by atoms with Gasteiger partial charge in [0.15, 0.2) is 5.82 Å². The molecular weight excluding hydrogens is 421 g/mol. The number of aromatic nitrogens is 2. The van der Waals surface area contributed by atoms with Crippen molar-refractivity contribution in [2.75, 3.05) is 11.9 Å². The van der Waals surface area contributed by atoms with E-state index in [1.807, 2.05) is 30.3 Å². The number of allylic oxidation sites excluding steroid dienone is 1. The number of hydrogen-bond acceptors (Lipinski definition) is 4. The molecule has 1 aliphatic carbocycles. The molecule has 1 unspecified atom stereocenters. The molecule has 1 aliphatic heterocycles. The minimum Gasteiger partial charge on any atom is -0.298 e. The van der Waals surface area contributed by atoms with E-state index in [0.717, 1.165) is 46.6 Å². The monoisotopic (exact) mass is 445 g/mol. The number of aryl methyl sites for hydroxylation is 3. The van der Waals surface area contributed by atoms with E-state index >= 15 is 0 Å². The second-order valence-electron chi connectivity index (χ2n) is 8.20. The van der Waals surface area contributed by atoms with Crippen molar-refractivity contribution in [1.29, 1.82) is 0 Å². The number of carbonyl (C=O) groups is 1. The van der Waals surface area contributed by atoms with Crippen LogP contribution in [-0.2, 0) is 24.1 Å². The Kier molecular flexibility index (Phi) is 5.79. The number of hydrogen-bond donors (Lipinski definition) is 0. The van der Waals surface area contributed by atoms with E-state index in [-0.39, 0.29) is 17.0 Å². The van der Waals surface area contributed by atoms with Gasteiger partial charge in [-0.05, 0) is 60.4 Å². The van der Waals surface area contributed by atoms with Crippen molar-refractivity contribution in [2.45, 2.75) is 37.4 Å². The molecule has 0 N–H and O–H groups in total. The van der Waals surface area contributed by atoms with Crippen LogP contribution in [0.4, 0.5) is 10.2 Å². The van der Waals surface area contributed by atoms with Gasteiger partial charge < -0.3 is 0 Å². The van der Waals surface area contributed by atoms with Crippen LogP contribution >= 0.6 is 11.8 Å². The van der Waals surface area contributed by atoms with Gasteiger partial charge in [-0.3, -0.25) is 9.69 Å². The topological polar surface area (TPSA) is 46.1 Å². The van der Waals surface area contributed by atoms with Crippen LogP contribution in [0.5, 0.6) is 0 Å². The molecule has 0 spiro atoms. The Labute approximate surface area is 191 Å². The van der Waals surface area contributed by atoms with Gasteiger partial charge in [0.05, 0.1) is 22.3 Å². The predicted octanol–water partition coefficient (Wildman–Crippen LogP) is 5.67. The van der Waals surface area contributed by atoms with Gasteiger partial charge in [-0.15, -0.1) is 11.8 Å². The third-order valence-electron chi connectivity index (χ3n) is 6.09. The van der Waals surface area contributed by atoms with Crippen molar-refractivity contribution < 1.29 is 9.18 Å². The highest BCUT2D eigenvalue weighted by molar-refractivity contribution is 8.02. The SMILES string of the molecule is CN(C(=O)CCc1ccccc1)c1nc2c(nc1C1CC=CS1)-c1ccc(F)cc1CC2. The summed E-state index contributed by atoms with van der Waals surface area (Å²) in [6.07, 6.45) is 5.49. The molecule has 0 fully saturated rings. The number of amides is 1. The summed E-state index contributed by atoms with van der Waals surface area (Å²) >= 11 is 1.70. The molecule has 0 saturated heterocycles. The van der Waals surface area contributed by atoms with Crippen molar-refractivity contribution in [3.63, 3.8) is 0 Å². The maximum Gasteiger partial charge on any atom is 0.228 e. The normalized spacial score (nSPS) is 16.5. The molecule has 32 heavy (non-hydrogen) atoms. The summed E-state index contributed by atoms with van der Waals surface area (Å²) < 4.78 is 13.8. The van der Waals surface area contributed by atoms with Crippen LogP contribution < -0.4 is 4.90 Å². The highest BCUT2D eigenvalue weighted by Gasteiger charge is 2.29. The quantitative estimate of drug-likeness (QED) is 0.508. The van der Waals surface area contributed by atoms with Gasteiger partial charge in [-0.2, -0.15) is 0 Å². The lowest BCUT2D eigenvalue weighted by Gasteiger charge is -2.26. The number of nitrogens with zero attached hydrogens (tertiary/aromatic N) is 3. The molecule has 0 bridgehead atoms. The van der Waals surface area contributed by atoms with Gasteiger partial charge in [-0.25, -0.2) is 14.4 Å². The lowest BCUT2D eigenvalue weighted by molar-refractivity contribution is -0.118. The highest BCUT2D eigenvalue weighted by atomic mass is 32.2. The average Bonchev–Trinajstić information content (AvgIpc) is 3.36. The van der Waals surface area contributed by atoms with E-state index in [2.05, 4.69) is 11.5 Å². The first-order valence-corrected chi connectivity index (χ1v) is 11.8. The Hall–Kier alpha value is -2.99. The van der Waals surface area contributed by atoms with Crippen molar-refractivity contribution >= 4 is 23.5 Å². The second-order valence-corrected chi connectivity index (χ2v) is 9.31. The van der Waals surface area contributed by atoms with Crippen LogP contribution in [0.1, 0.15) is 40.6 Å². The summed E-state index contributed by atoms with van der Waals surface area (Å²) in [6, 6.07) is 14.9. The maximum atomic E-state index is 13.8. The van der Waals surface area contributed by atoms with E-state index in [1.165, 1.54) is 6.07 Å². The Morgan fingerprint density at radius 2 is 2.00 bits per heavy atom. The van der Waals surface area contributed by atoms with E-state index in [0.29, 0.717) is 25.1 Å². The fourth-order valence-electron chi connectivity index (χ4n) is 4.32. The number of fused-ring (bicyclic) bond motifs is 3. The summed E-state index contributed by atoms with van der Waals surface area (Å²) in [5.74, 6) is 0.448. The Balaban J connectivity index is 1.49. The molecule has 4 nitrogen and oxygen atoms in total. The first-order chi connectivity index (χ1) is 15.6. The smallest absolute Gasteiger partial charge is 0.228 e. The van der Waals surface area contributed by atoms with Crippen LogP contribution in [-0.4, -0.2) is 22.9 Å². The molecule has 1 atom stereocenters. The summed E-state index contributed by atoms with van der Waals surface area (Å²) in [7, 11) is 1.80. The number of benzene rings is 2. The van der Waals surface area contributed by atoms with Gasteiger partial charge in [-0.1, -0.05) is 36.4 Å². The molecule has 1 amide bonds. The van der Waals surface area contributed by atoms with Crippen LogP contribution in [0.2, 0.25) is 0 Å². The van der Waals surface area contributed by atoms with Crippen LogP contribution in [0.15, 0.2) is 60.0 Å². The first-order valence-electron chi connectivity index (χ1n) is 10.9. The van der Waals surface area contributed by atoms with E-state index in [1.54, 1.807) is 35.8 Å². The molecule has 3 aromatic rings. The molecule has 162 valence electrons. The summed E-state index contributed by atoms with van der Waals surface area (Å²) in [5, 5.41) is 2.20. The molecule has 0 radical (unpaired) electrons. The van der Waals surface area contributed by atoms with Crippen molar-refractivity contribution in [3.8, 4) is 11.3 Å². The van der Waals surface area contributed by atoms with Gasteiger partial charge in [0.2, 0.25) is 5.91 Å². The molecule has 0 saturated carbocycles. The Morgan fingerprint density at radius 1 is 1.16 bits per heavy atom. The Bertz CT molecular complexity index is 1190. The predicted molar refractivity (Wildman–Crippen MR) is 127 cm³/mol. The summed E-state index contributed by atoms with van der Waals surface area (Å²) in [6.45, 7) is 0. The molecular formula is C26H24FN3OS. The van der Waals surface area contributed by atoms with Crippen molar-refractivity contribution in [1.82, 2.24) is 9.97 Å². The zero-order chi connectivity index (χ0) is 22.1. The number of rotatable bonds is 5. The van der Waals surface area contributed by atoms with Crippen LogP contribution in [0.25, 0.3) is 11.3 Å². The number of thioether (sulfide) groups is 1. The Morgan fingerprint density at radius 3 is 2.78 bits per heavy atom. The molecule has 6 heteroatoms. The number of halogens is 1. The molecule has 5 rings (SSSR count). The molecule has 2 heterocycles.